The van der Waals surface area contributed by atoms with Crippen LogP contribution in [0.3, 0.4) is 0 Å². The maximum absolute atomic E-state index is 12.6. The zero-order valence-electron chi connectivity index (χ0n) is 14.1. The van der Waals surface area contributed by atoms with E-state index in [1.807, 2.05) is 62.5 Å². The SMILES string of the molecule is COc1ccccc1CC(=O)N(C)C(C)c1ccccc1OC. The van der Waals surface area contributed by atoms with Gasteiger partial charge in [-0.15, -0.1) is 0 Å². The van der Waals surface area contributed by atoms with Crippen molar-refractivity contribution in [3.63, 3.8) is 0 Å². The Morgan fingerprint density at radius 3 is 2.22 bits per heavy atom. The average Bonchev–Trinajstić information content (AvgIpc) is 2.60. The van der Waals surface area contributed by atoms with Crippen molar-refractivity contribution in [1.82, 2.24) is 4.90 Å². The normalized spacial score (nSPS) is 11.7. The largest absolute Gasteiger partial charge is 0.496 e. The fraction of sp³-hybridized carbons (Fsp3) is 0.316. The number of hydrogen-bond donors (Lipinski definition) is 0. The minimum atomic E-state index is -0.0756. The summed E-state index contributed by atoms with van der Waals surface area (Å²) in [5.41, 5.74) is 1.88. The first kappa shape index (κ1) is 16.9. The van der Waals surface area contributed by atoms with Gasteiger partial charge in [0.05, 0.1) is 26.7 Å². The first-order chi connectivity index (χ1) is 11.1. The van der Waals surface area contributed by atoms with E-state index in [-0.39, 0.29) is 11.9 Å². The highest BCUT2D eigenvalue weighted by Gasteiger charge is 2.21. The molecule has 0 bridgehead atoms. The molecule has 1 atom stereocenters. The van der Waals surface area contributed by atoms with Gasteiger partial charge in [0, 0.05) is 18.2 Å². The number of nitrogens with zero attached hydrogens (tertiary/aromatic N) is 1. The van der Waals surface area contributed by atoms with Gasteiger partial charge in [0.25, 0.3) is 0 Å². The fourth-order valence-electron chi connectivity index (χ4n) is 2.57. The summed E-state index contributed by atoms with van der Waals surface area (Å²) in [6.07, 6.45) is 0.306. The van der Waals surface area contributed by atoms with Crippen molar-refractivity contribution in [2.45, 2.75) is 19.4 Å². The zero-order valence-corrected chi connectivity index (χ0v) is 14.1. The molecule has 4 heteroatoms. The Hall–Kier alpha value is -2.49. The summed E-state index contributed by atoms with van der Waals surface area (Å²) in [7, 11) is 5.07. The first-order valence-electron chi connectivity index (χ1n) is 7.59. The second kappa shape index (κ2) is 7.68. The molecular formula is C19H23NO3. The molecule has 0 aliphatic rings. The van der Waals surface area contributed by atoms with Crippen molar-refractivity contribution in [1.29, 1.82) is 0 Å². The summed E-state index contributed by atoms with van der Waals surface area (Å²) in [6, 6.07) is 15.3. The molecule has 2 aromatic carbocycles. The number of para-hydroxylation sites is 2. The molecule has 1 unspecified atom stereocenters. The van der Waals surface area contributed by atoms with Crippen molar-refractivity contribution in [3.05, 3.63) is 59.7 Å². The number of hydrogen-bond acceptors (Lipinski definition) is 3. The highest BCUT2D eigenvalue weighted by atomic mass is 16.5. The average molecular weight is 313 g/mol. The van der Waals surface area contributed by atoms with E-state index in [1.54, 1.807) is 19.1 Å². The smallest absolute Gasteiger partial charge is 0.227 e. The number of amides is 1. The first-order valence-corrected chi connectivity index (χ1v) is 7.59. The topological polar surface area (TPSA) is 38.8 Å². The lowest BCUT2D eigenvalue weighted by atomic mass is 10.0. The lowest BCUT2D eigenvalue weighted by molar-refractivity contribution is -0.131. The van der Waals surface area contributed by atoms with Crippen LogP contribution >= 0.6 is 0 Å². The number of benzene rings is 2. The summed E-state index contributed by atoms with van der Waals surface area (Å²) in [5, 5.41) is 0. The molecule has 0 aliphatic heterocycles. The summed E-state index contributed by atoms with van der Waals surface area (Å²) in [6.45, 7) is 2.00. The highest BCUT2D eigenvalue weighted by molar-refractivity contribution is 5.79. The third kappa shape index (κ3) is 3.83. The molecule has 4 nitrogen and oxygen atoms in total. The van der Waals surface area contributed by atoms with Crippen LogP contribution in [0.1, 0.15) is 24.1 Å². The summed E-state index contributed by atoms with van der Waals surface area (Å²) < 4.78 is 10.7. The number of ether oxygens (including phenoxy) is 2. The van der Waals surface area contributed by atoms with E-state index in [9.17, 15) is 4.79 Å². The van der Waals surface area contributed by atoms with E-state index >= 15 is 0 Å². The van der Waals surface area contributed by atoms with Crippen LogP contribution in [0.15, 0.2) is 48.5 Å². The molecule has 0 radical (unpaired) electrons. The Kier molecular flexibility index (Phi) is 5.63. The van der Waals surface area contributed by atoms with Gasteiger partial charge in [0.1, 0.15) is 11.5 Å². The molecule has 23 heavy (non-hydrogen) atoms. The van der Waals surface area contributed by atoms with Crippen LogP contribution in [0.2, 0.25) is 0 Å². The van der Waals surface area contributed by atoms with Crippen LogP contribution in [0.5, 0.6) is 11.5 Å². The molecule has 2 rings (SSSR count). The van der Waals surface area contributed by atoms with Gasteiger partial charge in [0.2, 0.25) is 5.91 Å². The monoisotopic (exact) mass is 313 g/mol. The van der Waals surface area contributed by atoms with Gasteiger partial charge in [-0.3, -0.25) is 4.79 Å². The van der Waals surface area contributed by atoms with Crippen LogP contribution in [0.25, 0.3) is 0 Å². The van der Waals surface area contributed by atoms with Crippen molar-refractivity contribution >= 4 is 5.91 Å². The molecular weight excluding hydrogens is 290 g/mol. The molecule has 0 saturated heterocycles. The van der Waals surface area contributed by atoms with Gasteiger partial charge in [-0.1, -0.05) is 36.4 Å². The van der Waals surface area contributed by atoms with Gasteiger partial charge in [-0.25, -0.2) is 0 Å². The Morgan fingerprint density at radius 2 is 1.57 bits per heavy atom. The molecule has 0 spiro atoms. The van der Waals surface area contributed by atoms with Crippen molar-refractivity contribution in [2.75, 3.05) is 21.3 Å². The molecule has 122 valence electrons. The van der Waals surface area contributed by atoms with Crippen LogP contribution < -0.4 is 9.47 Å². The van der Waals surface area contributed by atoms with E-state index in [0.29, 0.717) is 6.42 Å². The number of carbonyl (C=O) groups is 1. The van der Waals surface area contributed by atoms with Gasteiger partial charge in [0.15, 0.2) is 0 Å². The summed E-state index contributed by atoms with van der Waals surface area (Å²) in [4.78, 5) is 14.4. The van der Waals surface area contributed by atoms with Crippen molar-refractivity contribution in [3.8, 4) is 11.5 Å². The molecule has 0 heterocycles. The molecule has 2 aromatic rings. The zero-order chi connectivity index (χ0) is 16.8. The van der Waals surface area contributed by atoms with E-state index in [1.165, 1.54) is 0 Å². The lowest BCUT2D eigenvalue weighted by Crippen LogP contribution is -2.31. The summed E-state index contributed by atoms with van der Waals surface area (Å²) in [5.74, 6) is 1.56. The number of carbonyl (C=O) groups excluding carboxylic acids is 1. The molecule has 0 fully saturated rings. The second-order valence-corrected chi connectivity index (χ2v) is 5.41. The predicted octanol–water partition coefficient (Wildman–Crippen LogP) is 3.47. The van der Waals surface area contributed by atoms with E-state index in [4.69, 9.17) is 9.47 Å². The minimum Gasteiger partial charge on any atom is -0.496 e. The van der Waals surface area contributed by atoms with Crippen molar-refractivity contribution in [2.24, 2.45) is 0 Å². The number of likely N-dealkylation sites (N-methyl/N-ethyl adjacent to an activating group) is 1. The van der Waals surface area contributed by atoms with E-state index in [0.717, 1.165) is 22.6 Å². The van der Waals surface area contributed by atoms with Crippen LogP contribution in [0, 0.1) is 0 Å². The number of rotatable bonds is 6. The minimum absolute atomic E-state index is 0.0351. The van der Waals surface area contributed by atoms with Crippen LogP contribution in [-0.4, -0.2) is 32.1 Å². The van der Waals surface area contributed by atoms with Gasteiger partial charge in [-0.05, 0) is 19.1 Å². The third-order valence-corrected chi connectivity index (χ3v) is 4.10. The third-order valence-electron chi connectivity index (χ3n) is 4.10. The molecule has 0 aliphatic carbocycles. The Balaban J connectivity index is 2.16. The molecule has 0 aromatic heterocycles. The standard InChI is InChI=1S/C19H23NO3/c1-14(16-10-6-8-12-18(16)23-4)20(2)19(21)13-15-9-5-7-11-17(15)22-3/h5-12,14H,13H2,1-4H3. The highest BCUT2D eigenvalue weighted by Crippen LogP contribution is 2.29. The maximum atomic E-state index is 12.6. The van der Waals surface area contributed by atoms with Crippen LogP contribution in [0.4, 0.5) is 0 Å². The Morgan fingerprint density at radius 1 is 1.00 bits per heavy atom. The second-order valence-electron chi connectivity index (χ2n) is 5.41. The molecule has 0 saturated carbocycles. The fourth-order valence-corrected chi connectivity index (χ4v) is 2.57. The maximum Gasteiger partial charge on any atom is 0.227 e. The molecule has 1 amide bonds. The Bertz CT molecular complexity index is 669. The van der Waals surface area contributed by atoms with Crippen LogP contribution in [-0.2, 0) is 11.2 Å². The van der Waals surface area contributed by atoms with Crippen molar-refractivity contribution < 1.29 is 14.3 Å². The van der Waals surface area contributed by atoms with Gasteiger partial charge >= 0.3 is 0 Å². The summed E-state index contributed by atoms with van der Waals surface area (Å²) >= 11 is 0. The quantitative estimate of drug-likeness (QED) is 0.820. The number of methoxy groups -OCH3 is 2. The predicted molar refractivity (Wildman–Crippen MR) is 90.9 cm³/mol. The van der Waals surface area contributed by atoms with E-state index in [2.05, 4.69) is 0 Å². The van der Waals surface area contributed by atoms with E-state index < -0.39 is 0 Å². The lowest BCUT2D eigenvalue weighted by Gasteiger charge is -2.27. The van der Waals surface area contributed by atoms with Gasteiger partial charge < -0.3 is 14.4 Å². The van der Waals surface area contributed by atoms with Gasteiger partial charge in [-0.2, -0.15) is 0 Å². The Labute approximate surface area is 137 Å². The molecule has 0 N–H and O–H groups in total.